The zero-order valence-corrected chi connectivity index (χ0v) is 16.2. The van der Waals surface area contributed by atoms with Gasteiger partial charge in [-0.15, -0.1) is 0 Å². The highest BCUT2D eigenvalue weighted by Gasteiger charge is 2.45. The molecule has 0 aliphatic heterocycles. The Morgan fingerprint density at radius 3 is 2.33 bits per heavy atom. The molecule has 0 radical (unpaired) electrons. The van der Waals surface area contributed by atoms with E-state index in [1.165, 1.54) is 25.5 Å². The minimum Gasteiger partial charge on any atom is -0.385 e. The molecule has 0 unspecified atom stereocenters. The lowest BCUT2D eigenvalue weighted by Gasteiger charge is -2.42. The summed E-state index contributed by atoms with van der Waals surface area (Å²) < 4.78 is 28.4. The molecule has 0 saturated heterocycles. The topological polar surface area (TPSA) is 79.8 Å². The summed E-state index contributed by atoms with van der Waals surface area (Å²) in [6, 6.07) is 0. The van der Waals surface area contributed by atoms with E-state index < -0.39 is 9.84 Å². The second kappa shape index (κ2) is 8.04. The van der Waals surface area contributed by atoms with Crippen LogP contribution in [-0.4, -0.2) is 59.7 Å². The Labute approximate surface area is 146 Å². The van der Waals surface area contributed by atoms with Crippen molar-refractivity contribution in [2.24, 2.45) is 15.8 Å². The van der Waals surface area contributed by atoms with Crippen LogP contribution in [0.3, 0.4) is 0 Å². The summed E-state index contributed by atoms with van der Waals surface area (Å²) in [5.41, 5.74) is 0.205. The van der Waals surface area contributed by atoms with Gasteiger partial charge in [0.15, 0.2) is 5.96 Å². The Morgan fingerprint density at radius 2 is 1.88 bits per heavy atom. The number of rotatable bonds is 10. The maximum Gasteiger partial charge on any atom is 0.191 e. The number of nitrogens with zero attached hydrogens (tertiary/aromatic N) is 1. The van der Waals surface area contributed by atoms with Crippen LogP contribution in [0.5, 0.6) is 0 Å². The first-order chi connectivity index (χ1) is 11.3. The maximum absolute atomic E-state index is 11.6. The number of guanidine groups is 1. The number of sulfone groups is 1. The van der Waals surface area contributed by atoms with E-state index in [-0.39, 0.29) is 11.2 Å². The first-order valence-electron chi connectivity index (χ1n) is 9.01. The largest absolute Gasteiger partial charge is 0.385 e. The minimum absolute atomic E-state index is 0.125. The molecule has 2 rings (SSSR count). The van der Waals surface area contributed by atoms with Gasteiger partial charge in [0.2, 0.25) is 0 Å². The second-order valence-corrected chi connectivity index (χ2v) is 9.86. The number of hydrogen-bond acceptors (Lipinski definition) is 4. The summed E-state index contributed by atoms with van der Waals surface area (Å²) in [5.74, 6) is 1.06. The zero-order chi connectivity index (χ0) is 17.7. The van der Waals surface area contributed by atoms with Crippen molar-refractivity contribution < 1.29 is 13.2 Å². The van der Waals surface area contributed by atoms with Crippen LogP contribution in [0.1, 0.15) is 45.4 Å². The van der Waals surface area contributed by atoms with Crippen molar-refractivity contribution in [3.8, 4) is 0 Å². The molecule has 2 aliphatic carbocycles. The molecule has 24 heavy (non-hydrogen) atoms. The van der Waals surface area contributed by atoms with Crippen LogP contribution in [-0.2, 0) is 14.6 Å². The van der Waals surface area contributed by atoms with Crippen molar-refractivity contribution in [3.05, 3.63) is 0 Å². The van der Waals surface area contributed by atoms with Gasteiger partial charge in [-0.05, 0) is 44.4 Å². The monoisotopic (exact) mass is 359 g/mol. The lowest BCUT2D eigenvalue weighted by molar-refractivity contribution is 0.0732. The minimum atomic E-state index is -2.94. The van der Waals surface area contributed by atoms with E-state index in [1.807, 2.05) is 6.92 Å². The molecule has 140 valence electrons. The van der Waals surface area contributed by atoms with E-state index in [2.05, 4.69) is 15.6 Å². The molecule has 2 N–H and O–H groups in total. The highest BCUT2D eigenvalue weighted by atomic mass is 32.2. The molecule has 0 heterocycles. The molecule has 2 fully saturated rings. The summed E-state index contributed by atoms with van der Waals surface area (Å²) in [7, 11) is -1.19. The van der Waals surface area contributed by atoms with Gasteiger partial charge < -0.3 is 15.4 Å². The van der Waals surface area contributed by atoms with Gasteiger partial charge in [0.05, 0.1) is 5.75 Å². The van der Waals surface area contributed by atoms with Crippen LogP contribution >= 0.6 is 0 Å². The van der Waals surface area contributed by atoms with Crippen LogP contribution < -0.4 is 10.6 Å². The molecule has 0 amide bonds. The summed E-state index contributed by atoms with van der Waals surface area (Å²) in [6.45, 7) is 5.13. The summed E-state index contributed by atoms with van der Waals surface area (Å²) >= 11 is 0. The lowest BCUT2D eigenvalue weighted by atomic mass is 9.67. The molecule has 0 atom stereocenters. The van der Waals surface area contributed by atoms with Crippen molar-refractivity contribution in [3.63, 3.8) is 0 Å². The third-order valence-electron chi connectivity index (χ3n) is 5.32. The van der Waals surface area contributed by atoms with Gasteiger partial charge in [-0.3, -0.25) is 4.99 Å². The number of nitrogens with one attached hydrogen (secondary N) is 2. The number of methoxy groups -OCH3 is 1. The van der Waals surface area contributed by atoms with Crippen molar-refractivity contribution in [1.29, 1.82) is 0 Å². The molecule has 0 aromatic carbocycles. The Morgan fingerprint density at radius 1 is 1.17 bits per heavy atom. The van der Waals surface area contributed by atoms with Crippen molar-refractivity contribution in [2.75, 3.05) is 45.4 Å². The molecule has 6 nitrogen and oxygen atoms in total. The molecule has 7 heteroatoms. The van der Waals surface area contributed by atoms with E-state index >= 15 is 0 Å². The van der Waals surface area contributed by atoms with Gasteiger partial charge in [0.1, 0.15) is 9.84 Å². The predicted octanol–water partition coefficient (Wildman–Crippen LogP) is 1.57. The molecule has 0 aromatic heterocycles. The SMILES string of the molecule is CCNC(=NCC1(CS(C)(=O)=O)CC1)NCC1(CCOC)CCC1. The van der Waals surface area contributed by atoms with Crippen LogP contribution in [0.25, 0.3) is 0 Å². The Hall–Kier alpha value is -0.820. The molecule has 0 bridgehead atoms. The van der Waals surface area contributed by atoms with E-state index in [9.17, 15) is 8.42 Å². The fraction of sp³-hybridized carbons (Fsp3) is 0.941. The van der Waals surface area contributed by atoms with Crippen molar-refractivity contribution in [1.82, 2.24) is 10.6 Å². The second-order valence-electron chi connectivity index (χ2n) is 7.72. The highest BCUT2D eigenvalue weighted by Crippen LogP contribution is 2.47. The van der Waals surface area contributed by atoms with Gasteiger partial charge in [-0.2, -0.15) is 0 Å². The fourth-order valence-corrected chi connectivity index (χ4v) is 4.94. The van der Waals surface area contributed by atoms with Gasteiger partial charge in [-0.1, -0.05) is 6.42 Å². The van der Waals surface area contributed by atoms with Crippen LogP contribution in [0.4, 0.5) is 0 Å². The van der Waals surface area contributed by atoms with Crippen molar-refractivity contribution >= 4 is 15.8 Å². The Balaban J connectivity index is 1.89. The zero-order valence-electron chi connectivity index (χ0n) is 15.4. The third-order valence-corrected chi connectivity index (χ3v) is 6.46. The van der Waals surface area contributed by atoms with Crippen LogP contribution in [0.2, 0.25) is 0 Å². The Kier molecular flexibility index (Phi) is 6.53. The molecule has 2 aliphatic rings. The average Bonchev–Trinajstić information content (AvgIpc) is 3.21. The number of aliphatic imine (C=N–C) groups is 1. The standard InChI is InChI=1S/C17H33N3O3S/c1-4-18-15(19-12-16(6-5-7-16)10-11-23-2)20-13-17(8-9-17)14-24(3,21)22/h4-14H2,1-3H3,(H2,18,19,20). The van der Waals surface area contributed by atoms with Gasteiger partial charge in [0.25, 0.3) is 0 Å². The first-order valence-corrected chi connectivity index (χ1v) is 11.1. The highest BCUT2D eigenvalue weighted by molar-refractivity contribution is 7.90. The molecule has 0 spiro atoms. The lowest BCUT2D eigenvalue weighted by Crippen LogP contribution is -2.47. The van der Waals surface area contributed by atoms with E-state index in [0.29, 0.717) is 12.0 Å². The summed E-state index contributed by atoms with van der Waals surface area (Å²) in [6.07, 6.45) is 8.07. The summed E-state index contributed by atoms with van der Waals surface area (Å²) in [5, 5.41) is 6.75. The van der Waals surface area contributed by atoms with Crippen molar-refractivity contribution in [2.45, 2.75) is 45.4 Å². The predicted molar refractivity (Wildman–Crippen MR) is 98.1 cm³/mol. The smallest absolute Gasteiger partial charge is 0.191 e. The van der Waals surface area contributed by atoms with Gasteiger partial charge in [-0.25, -0.2) is 8.42 Å². The quantitative estimate of drug-likeness (QED) is 0.457. The average molecular weight is 360 g/mol. The van der Waals surface area contributed by atoms with Gasteiger partial charge >= 0.3 is 0 Å². The number of hydrogen-bond donors (Lipinski definition) is 2. The van der Waals surface area contributed by atoms with E-state index in [0.717, 1.165) is 44.9 Å². The van der Waals surface area contributed by atoms with Gasteiger partial charge in [0, 0.05) is 45.0 Å². The normalized spacial score (nSPS) is 21.9. The molecule has 2 saturated carbocycles. The maximum atomic E-state index is 11.6. The first kappa shape index (κ1) is 19.5. The van der Waals surface area contributed by atoms with E-state index in [4.69, 9.17) is 4.74 Å². The van der Waals surface area contributed by atoms with Crippen LogP contribution in [0.15, 0.2) is 4.99 Å². The van der Waals surface area contributed by atoms with E-state index in [1.54, 1.807) is 7.11 Å². The summed E-state index contributed by atoms with van der Waals surface area (Å²) in [4.78, 5) is 4.67. The molecular formula is C17H33N3O3S. The third kappa shape index (κ3) is 5.92. The molecule has 0 aromatic rings. The Bertz CT molecular complexity index is 537. The fourth-order valence-electron chi connectivity index (χ4n) is 3.45. The van der Waals surface area contributed by atoms with Crippen LogP contribution in [0, 0.1) is 10.8 Å². The number of ether oxygens (including phenoxy) is 1. The molecular weight excluding hydrogens is 326 g/mol.